The Morgan fingerprint density at radius 2 is 2.08 bits per heavy atom. The van der Waals surface area contributed by atoms with Crippen LogP contribution in [0, 0.1) is 0 Å². The van der Waals surface area contributed by atoms with E-state index in [1.807, 2.05) is 13.8 Å². The van der Waals surface area contributed by atoms with E-state index in [0.29, 0.717) is 17.2 Å². The van der Waals surface area contributed by atoms with Crippen LogP contribution >= 0.6 is 11.8 Å². The molecule has 2 N–H and O–H groups in total. The average molecular weight is 350 g/mol. The van der Waals surface area contributed by atoms with Gasteiger partial charge in [-0.1, -0.05) is 25.1 Å². The second-order valence-corrected chi connectivity index (χ2v) is 6.84. The Balaban J connectivity index is 2.09. The first-order chi connectivity index (χ1) is 11.4. The Morgan fingerprint density at radius 3 is 2.75 bits per heavy atom. The van der Waals surface area contributed by atoms with Crippen molar-refractivity contribution in [2.24, 2.45) is 0 Å². The Labute approximate surface area is 145 Å². The van der Waals surface area contributed by atoms with Gasteiger partial charge < -0.3 is 15.3 Å². The van der Waals surface area contributed by atoms with E-state index in [2.05, 4.69) is 5.32 Å². The summed E-state index contributed by atoms with van der Waals surface area (Å²) in [7, 11) is 0. The van der Waals surface area contributed by atoms with Crippen molar-refractivity contribution in [2.75, 3.05) is 11.6 Å². The molecule has 1 heterocycles. The molecule has 0 saturated carbocycles. The summed E-state index contributed by atoms with van der Waals surface area (Å²) in [6.45, 7) is 3.91. The summed E-state index contributed by atoms with van der Waals surface area (Å²) in [6.07, 6.45) is 0.807. The molecule has 2 amide bonds. The molecular weight excluding hydrogens is 328 g/mol. The molecule has 0 aromatic heterocycles. The number of carboxylic acids is 1. The summed E-state index contributed by atoms with van der Waals surface area (Å²) in [4.78, 5) is 37.7. The summed E-state index contributed by atoms with van der Waals surface area (Å²) in [6, 6.07) is 6.03. The number of thioether (sulfide) groups is 1. The summed E-state index contributed by atoms with van der Waals surface area (Å²) in [5.74, 6) is -0.408. The molecule has 1 fully saturated rings. The molecule has 1 aromatic carbocycles. The van der Waals surface area contributed by atoms with E-state index in [1.54, 1.807) is 23.1 Å². The van der Waals surface area contributed by atoms with Crippen LogP contribution in [-0.2, 0) is 16.0 Å². The van der Waals surface area contributed by atoms with Crippen molar-refractivity contribution in [3.8, 4) is 0 Å². The van der Waals surface area contributed by atoms with Gasteiger partial charge in [-0.2, -0.15) is 0 Å². The Kier molecular flexibility index (Phi) is 6.25. The van der Waals surface area contributed by atoms with Crippen LogP contribution in [0.3, 0.4) is 0 Å². The third-order valence-electron chi connectivity index (χ3n) is 4.10. The van der Waals surface area contributed by atoms with Crippen LogP contribution in [0.2, 0.25) is 0 Å². The van der Waals surface area contributed by atoms with Crippen molar-refractivity contribution in [1.29, 1.82) is 0 Å². The van der Waals surface area contributed by atoms with E-state index >= 15 is 0 Å². The fourth-order valence-corrected chi connectivity index (χ4v) is 3.67. The number of amides is 2. The van der Waals surface area contributed by atoms with Gasteiger partial charge in [0.05, 0.1) is 17.9 Å². The topological polar surface area (TPSA) is 86.7 Å². The minimum atomic E-state index is -1.06. The summed E-state index contributed by atoms with van der Waals surface area (Å²) in [5.41, 5.74) is 0.589. The second kappa shape index (κ2) is 8.19. The SMILES string of the molecule is CCC(C)NC(=O)C1CSCN1C(=O)Cc1ccccc1C(=O)O. The molecule has 7 heteroatoms. The molecular formula is C17H22N2O4S. The van der Waals surface area contributed by atoms with Crippen LogP contribution in [-0.4, -0.2) is 51.5 Å². The molecule has 130 valence electrons. The number of carboxylic acid groups (broad SMARTS) is 1. The van der Waals surface area contributed by atoms with E-state index in [9.17, 15) is 19.5 Å². The fourth-order valence-electron chi connectivity index (χ4n) is 2.49. The minimum Gasteiger partial charge on any atom is -0.478 e. The number of hydrogen-bond donors (Lipinski definition) is 2. The number of nitrogens with zero attached hydrogens (tertiary/aromatic N) is 1. The number of carbonyl (C=O) groups is 3. The van der Waals surface area contributed by atoms with Crippen LogP contribution in [0.25, 0.3) is 0 Å². The van der Waals surface area contributed by atoms with Crippen LogP contribution in [0.15, 0.2) is 24.3 Å². The zero-order valence-electron chi connectivity index (χ0n) is 13.8. The van der Waals surface area contributed by atoms with Crippen LogP contribution in [0.5, 0.6) is 0 Å². The number of hydrogen-bond acceptors (Lipinski definition) is 4. The molecule has 0 bridgehead atoms. The third-order valence-corrected chi connectivity index (χ3v) is 5.11. The van der Waals surface area contributed by atoms with E-state index in [4.69, 9.17) is 0 Å². The number of benzene rings is 1. The molecule has 2 atom stereocenters. The Bertz CT molecular complexity index is 635. The van der Waals surface area contributed by atoms with Gasteiger partial charge in [-0.25, -0.2) is 4.79 Å². The van der Waals surface area contributed by atoms with Crippen LogP contribution in [0.4, 0.5) is 0 Å². The second-order valence-electron chi connectivity index (χ2n) is 5.84. The monoisotopic (exact) mass is 350 g/mol. The number of aromatic carboxylic acids is 1. The lowest BCUT2D eigenvalue weighted by atomic mass is 10.0. The number of carbonyl (C=O) groups excluding carboxylic acids is 2. The first kappa shape index (κ1) is 18.3. The smallest absolute Gasteiger partial charge is 0.335 e. The summed E-state index contributed by atoms with van der Waals surface area (Å²) >= 11 is 1.53. The van der Waals surface area contributed by atoms with Crippen molar-refractivity contribution >= 4 is 29.5 Å². The number of nitrogens with one attached hydrogen (secondary N) is 1. The highest BCUT2D eigenvalue weighted by Gasteiger charge is 2.35. The maximum atomic E-state index is 12.6. The maximum Gasteiger partial charge on any atom is 0.335 e. The highest BCUT2D eigenvalue weighted by molar-refractivity contribution is 7.99. The lowest BCUT2D eigenvalue weighted by Gasteiger charge is -2.24. The van der Waals surface area contributed by atoms with Gasteiger partial charge >= 0.3 is 5.97 Å². The van der Waals surface area contributed by atoms with Crippen molar-refractivity contribution in [3.63, 3.8) is 0 Å². The fraction of sp³-hybridized carbons (Fsp3) is 0.471. The van der Waals surface area contributed by atoms with Crippen LogP contribution < -0.4 is 5.32 Å². The van der Waals surface area contributed by atoms with Crippen molar-refractivity contribution in [2.45, 2.75) is 38.8 Å². The van der Waals surface area contributed by atoms with Gasteiger partial charge in [0.25, 0.3) is 0 Å². The average Bonchev–Trinajstić information content (AvgIpc) is 3.04. The third kappa shape index (κ3) is 4.29. The molecule has 24 heavy (non-hydrogen) atoms. The summed E-state index contributed by atoms with van der Waals surface area (Å²) in [5, 5.41) is 12.1. The zero-order valence-corrected chi connectivity index (χ0v) is 14.6. The predicted molar refractivity (Wildman–Crippen MR) is 93.0 cm³/mol. The van der Waals surface area contributed by atoms with Gasteiger partial charge in [-0.15, -0.1) is 11.8 Å². The minimum absolute atomic E-state index is 0.0177. The molecule has 2 rings (SSSR count). The van der Waals surface area contributed by atoms with Gasteiger partial charge in [0.1, 0.15) is 6.04 Å². The lowest BCUT2D eigenvalue weighted by Crippen LogP contribution is -2.49. The number of rotatable bonds is 6. The van der Waals surface area contributed by atoms with E-state index in [0.717, 1.165) is 6.42 Å². The molecule has 1 aliphatic heterocycles. The normalized spacial score (nSPS) is 18.2. The first-order valence-corrected chi connectivity index (χ1v) is 9.08. The predicted octanol–water partition coefficient (Wildman–Crippen LogP) is 1.74. The zero-order chi connectivity index (χ0) is 17.7. The Morgan fingerprint density at radius 1 is 1.38 bits per heavy atom. The van der Waals surface area contributed by atoms with Crippen LogP contribution in [0.1, 0.15) is 36.2 Å². The van der Waals surface area contributed by atoms with Gasteiger partial charge in [0, 0.05) is 11.8 Å². The highest BCUT2D eigenvalue weighted by atomic mass is 32.2. The van der Waals surface area contributed by atoms with E-state index in [1.165, 1.54) is 17.8 Å². The van der Waals surface area contributed by atoms with Crippen molar-refractivity contribution < 1.29 is 19.5 Å². The molecule has 0 aliphatic carbocycles. The van der Waals surface area contributed by atoms with E-state index in [-0.39, 0.29) is 29.8 Å². The lowest BCUT2D eigenvalue weighted by molar-refractivity contribution is -0.137. The van der Waals surface area contributed by atoms with Gasteiger partial charge in [0.2, 0.25) is 11.8 Å². The molecule has 1 aromatic rings. The molecule has 1 aliphatic rings. The molecule has 0 spiro atoms. The largest absolute Gasteiger partial charge is 0.478 e. The molecule has 0 radical (unpaired) electrons. The van der Waals surface area contributed by atoms with E-state index < -0.39 is 12.0 Å². The molecule has 6 nitrogen and oxygen atoms in total. The van der Waals surface area contributed by atoms with Crippen molar-refractivity contribution in [1.82, 2.24) is 10.2 Å². The molecule has 1 saturated heterocycles. The quantitative estimate of drug-likeness (QED) is 0.816. The Hall–Kier alpha value is -2.02. The summed E-state index contributed by atoms with van der Waals surface area (Å²) < 4.78 is 0. The standard InChI is InChI=1S/C17H22N2O4S/c1-3-11(2)18-16(21)14-9-24-10-19(14)15(20)8-12-6-4-5-7-13(12)17(22)23/h4-7,11,14H,3,8-10H2,1-2H3,(H,18,21)(H,22,23). The van der Waals surface area contributed by atoms with Crippen molar-refractivity contribution in [3.05, 3.63) is 35.4 Å². The first-order valence-electron chi connectivity index (χ1n) is 7.92. The van der Waals surface area contributed by atoms with Gasteiger partial charge in [-0.05, 0) is 25.0 Å². The molecule has 2 unspecified atom stereocenters. The van der Waals surface area contributed by atoms with Gasteiger partial charge in [0.15, 0.2) is 0 Å². The highest BCUT2D eigenvalue weighted by Crippen LogP contribution is 2.23. The maximum absolute atomic E-state index is 12.6. The van der Waals surface area contributed by atoms with Gasteiger partial charge in [-0.3, -0.25) is 9.59 Å².